The van der Waals surface area contributed by atoms with Crippen molar-refractivity contribution in [3.05, 3.63) is 10.4 Å². The van der Waals surface area contributed by atoms with E-state index in [-0.39, 0.29) is 19.5 Å². The summed E-state index contributed by atoms with van der Waals surface area (Å²) in [5.74, 6) is 0. The molecule has 3 rings (SSSR count). The summed E-state index contributed by atoms with van der Waals surface area (Å²) in [6.45, 7) is -0.470. The molecule has 15 atom stereocenters. The summed E-state index contributed by atoms with van der Waals surface area (Å²) >= 11 is 0. The fourth-order valence-corrected chi connectivity index (χ4v) is 4.52. The van der Waals surface area contributed by atoms with Crippen molar-refractivity contribution in [3.63, 3.8) is 0 Å². The van der Waals surface area contributed by atoms with E-state index in [1.165, 1.54) is 0 Å². The fourth-order valence-electron chi connectivity index (χ4n) is 4.52. The van der Waals surface area contributed by atoms with Crippen molar-refractivity contribution in [2.75, 3.05) is 13.1 Å². The zero-order valence-corrected chi connectivity index (χ0v) is 18.7. The van der Waals surface area contributed by atoms with Crippen LogP contribution in [0.25, 0.3) is 10.4 Å². The fraction of sp³-hybridized carbons (Fsp3) is 1.00. The van der Waals surface area contributed by atoms with Crippen molar-refractivity contribution in [2.24, 2.45) is 28.0 Å². The summed E-state index contributed by atoms with van der Waals surface area (Å²) in [4.78, 5) is 2.60. The molecule has 14 N–H and O–H groups in total. The lowest BCUT2D eigenvalue weighted by atomic mass is 9.84. The molecule has 17 nitrogen and oxygen atoms in total. The van der Waals surface area contributed by atoms with Crippen LogP contribution >= 0.6 is 0 Å². The normalized spacial score (nSPS) is 51.0. The first-order valence-electron chi connectivity index (χ1n) is 11.2. The van der Waals surface area contributed by atoms with Gasteiger partial charge < -0.3 is 72.5 Å². The number of ether oxygens (including phenoxy) is 4. The third kappa shape index (κ3) is 5.85. The molecule has 6 unspecified atom stereocenters. The van der Waals surface area contributed by atoms with Crippen LogP contribution in [-0.4, -0.2) is 135 Å². The maximum absolute atomic E-state index is 11.0. The van der Waals surface area contributed by atoms with E-state index >= 15 is 0 Å². The minimum Gasteiger partial charge on any atom is -0.389 e. The van der Waals surface area contributed by atoms with Gasteiger partial charge in [-0.05, 0) is 12.0 Å². The molecule has 1 saturated carbocycles. The van der Waals surface area contributed by atoms with Gasteiger partial charge >= 0.3 is 0 Å². The van der Waals surface area contributed by atoms with Crippen LogP contribution in [0.3, 0.4) is 0 Å². The summed E-state index contributed by atoms with van der Waals surface area (Å²) in [6, 6.07) is -2.92. The number of nitrogens with zero attached hydrogens (tertiary/aromatic N) is 3. The van der Waals surface area contributed by atoms with Gasteiger partial charge in [0.1, 0.15) is 48.8 Å². The number of nitrogens with two attached hydrogens (primary N) is 4. The summed E-state index contributed by atoms with van der Waals surface area (Å²) < 4.78 is 22.4. The molecule has 1 aliphatic carbocycles. The Labute approximate surface area is 200 Å². The lowest BCUT2D eigenvalue weighted by Gasteiger charge is -2.48. The van der Waals surface area contributed by atoms with Gasteiger partial charge in [-0.2, -0.15) is 0 Å². The molecule has 2 heterocycles. The second-order valence-corrected chi connectivity index (χ2v) is 9.02. The molecule has 17 heteroatoms. The second kappa shape index (κ2) is 11.9. The minimum absolute atomic E-state index is 0.0698. The first-order chi connectivity index (χ1) is 16.5. The van der Waals surface area contributed by atoms with Crippen LogP contribution in [-0.2, 0) is 18.9 Å². The van der Waals surface area contributed by atoms with E-state index in [1.54, 1.807) is 0 Å². The van der Waals surface area contributed by atoms with Crippen LogP contribution in [0.15, 0.2) is 5.11 Å². The van der Waals surface area contributed by atoms with Gasteiger partial charge in [-0.15, -0.1) is 0 Å². The molecule has 0 aromatic heterocycles. The lowest BCUT2D eigenvalue weighted by molar-refractivity contribution is -0.330. The molecular formula is C18H35N7O10. The zero-order chi connectivity index (χ0) is 26.0. The molecule has 0 aromatic rings. The first-order valence-corrected chi connectivity index (χ1v) is 11.2. The summed E-state index contributed by atoms with van der Waals surface area (Å²) in [5.41, 5.74) is 32.2. The first kappa shape index (κ1) is 28.3. The Bertz CT molecular complexity index is 748. The van der Waals surface area contributed by atoms with Gasteiger partial charge in [0.05, 0.1) is 24.8 Å². The van der Waals surface area contributed by atoms with Crippen molar-refractivity contribution < 1.29 is 49.6 Å². The van der Waals surface area contributed by atoms with Crippen LogP contribution in [0.2, 0.25) is 0 Å². The molecule has 2 saturated heterocycles. The van der Waals surface area contributed by atoms with E-state index in [9.17, 15) is 30.6 Å². The van der Waals surface area contributed by atoms with Gasteiger partial charge in [-0.1, -0.05) is 5.11 Å². The Morgan fingerprint density at radius 1 is 0.771 bits per heavy atom. The number of hydrogen-bond acceptors (Lipinski definition) is 15. The Kier molecular flexibility index (Phi) is 9.60. The highest BCUT2D eigenvalue weighted by Gasteiger charge is 2.51. The van der Waals surface area contributed by atoms with E-state index in [2.05, 4.69) is 10.0 Å². The molecule has 0 amide bonds. The molecule has 0 radical (unpaired) electrons. The molecule has 202 valence electrons. The third-order valence-electron chi connectivity index (χ3n) is 6.63. The van der Waals surface area contributed by atoms with Crippen LogP contribution in [0, 0.1) is 0 Å². The highest BCUT2D eigenvalue weighted by atomic mass is 16.7. The predicted octanol–water partition coefficient (Wildman–Crippen LogP) is -5.97. The van der Waals surface area contributed by atoms with Gasteiger partial charge in [-0.25, -0.2) is 0 Å². The van der Waals surface area contributed by atoms with E-state index in [0.717, 1.165) is 0 Å². The van der Waals surface area contributed by atoms with Crippen molar-refractivity contribution in [1.82, 2.24) is 0 Å². The SMILES string of the molecule is [N-]=[N+]=NCC1O[C@H](O[C@H]2C(O)[C@H](O[C@H]3OC(CN)[C@@H](O)C(O)[C@@H]3O)C(N)C[C@H]2N)C(O)[C@H](N)[C@@H]1O. The van der Waals surface area contributed by atoms with Crippen LogP contribution in [0.4, 0.5) is 0 Å². The van der Waals surface area contributed by atoms with Crippen LogP contribution < -0.4 is 22.9 Å². The Morgan fingerprint density at radius 2 is 1.31 bits per heavy atom. The van der Waals surface area contributed by atoms with Crippen molar-refractivity contribution >= 4 is 0 Å². The van der Waals surface area contributed by atoms with E-state index in [1.807, 2.05) is 0 Å². The molecule has 2 aliphatic heterocycles. The van der Waals surface area contributed by atoms with E-state index in [0.29, 0.717) is 0 Å². The molecule has 0 bridgehead atoms. The second-order valence-electron chi connectivity index (χ2n) is 9.02. The Balaban J connectivity index is 1.73. The van der Waals surface area contributed by atoms with E-state index < -0.39 is 91.7 Å². The molecule has 3 fully saturated rings. The van der Waals surface area contributed by atoms with Gasteiger partial charge in [-0.3, -0.25) is 0 Å². The number of azide groups is 1. The standard InChI is InChI=1S/C18H35N7O10/c19-2-6-10(27)12(29)13(30)18(32-6)35-16-5(21)1-4(20)15(14(16)31)34-17-11(28)8(22)9(26)7(33-17)3-24-25-23/h4-18,26-31H,1-3,19-22H2/t4-,5?,6?,7?,8-,9-,10-,11?,12?,13+,14?,15-,16-,17-,18-/m1/s1. The zero-order valence-electron chi connectivity index (χ0n) is 18.7. The summed E-state index contributed by atoms with van der Waals surface area (Å²) in [6.07, 6.45) is -16.6. The van der Waals surface area contributed by atoms with Gasteiger partial charge in [0, 0.05) is 23.5 Å². The quantitative estimate of drug-likeness (QED) is 0.0867. The minimum atomic E-state index is -1.67. The average Bonchev–Trinajstić information content (AvgIpc) is 2.83. The maximum Gasteiger partial charge on any atom is 0.187 e. The number of aliphatic hydroxyl groups excluding tert-OH is 6. The largest absolute Gasteiger partial charge is 0.389 e. The molecule has 0 spiro atoms. The van der Waals surface area contributed by atoms with Gasteiger partial charge in [0.15, 0.2) is 12.6 Å². The lowest BCUT2D eigenvalue weighted by Crippen LogP contribution is -2.68. The maximum atomic E-state index is 11.0. The molecular weight excluding hydrogens is 474 g/mol. The third-order valence-corrected chi connectivity index (χ3v) is 6.63. The monoisotopic (exact) mass is 509 g/mol. The van der Waals surface area contributed by atoms with Crippen molar-refractivity contribution in [2.45, 2.75) is 98.2 Å². The highest BCUT2D eigenvalue weighted by molar-refractivity contribution is 5.01. The Hall–Kier alpha value is -1.25. The topological polar surface area (TPSA) is 311 Å². The number of aliphatic hydroxyl groups is 6. The summed E-state index contributed by atoms with van der Waals surface area (Å²) in [7, 11) is 0. The predicted molar refractivity (Wildman–Crippen MR) is 115 cm³/mol. The summed E-state index contributed by atoms with van der Waals surface area (Å²) in [5, 5.41) is 65.3. The smallest absolute Gasteiger partial charge is 0.187 e. The van der Waals surface area contributed by atoms with E-state index in [4.69, 9.17) is 47.4 Å². The van der Waals surface area contributed by atoms with Crippen molar-refractivity contribution in [3.8, 4) is 0 Å². The van der Waals surface area contributed by atoms with Crippen LogP contribution in [0.5, 0.6) is 0 Å². The van der Waals surface area contributed by atoms with Gasteiger partial charge in [0.2, 0.25) is 0 Å². The van der Waals surface area contributed by atoms with Crippen LogP contribution in [0.1, 0.15) is 6.42 Å². The number of hydrogen-bond donors (Lipinski definition) is 10. The molecule has 3 aliphatic rings. The molecule has 0 aromatic carbocycles. The van der Waals surface area contributed by atoms with Gasteiger partial charge in [0.25, 0.3) is 0 Å². The van der Waals surface area contributed by atoms with Crippen molar-refractivity contribution in [1.29, 1.82) is 0 Å². The Morgan fingerprint density at radius 3 is 1.86 bits per heavy atom. The highest BCUT2D eigenvalue weighted by Crippen LogP contribution is 2.31. The average molecular weight is 510 g/mol. The molecule has 35 heavy (non-hydrogen) atoms. The number of rotatable bonds is 7.